The fourth-order valence-electron chi connectivity index (χ4n) is 3.47. The standard InChI is InChI=1S/C24H25NO6/c1-13(2)21(27)19-20(15-8-10-18(26)11-9-15)25(23(29)22(19)28)17-7-5-6-16(12-17)24(30)31-14(3)4/h5-14,20,26,28H,1-4H3. The number of anilines is 1. The summed E-state index contributed by atoms with van der Waals surface area (Å²) in [6.45, 7) is 6.84. The van der Waals surface area contributed by atoms with Crippen LogP contribution in [-0.2, 0) is 14.3 Å². The quantitative estimate of drug-likeness (QED) is 0.679. The molecule has 0 saturated carbocycles. The number of aromatic hydroxyl groups is 1. The molecule has 0 fully saturated rings. The van der Waals surface area contributed by atoms with Gasteiger partial charge in [-0.2, -0.15) is 0 Å². The van der Waals surface area contributed by atoms with E-state index in [1.807, 2.05) is 0 Å². The van der Waals surface area contributed by atoms with Crippen LogP contribution in [0.2, 0.25) is 0 Å². The Morgan fingerprint density at radius 3 is 2.23 bits per heavy atom. The van der Waals surface area contributed by atoms with Gasteiger partial charge in [0.05, 0.1) is 23.3 Å². The van der Waals surface area contributed by atoms with E-state index in [0.29, 0.717) is 11.3 Å². The molecule has 0 spiro atoms. The van der Waals surface area contributed by atoms with Crippen molar-refractivity contribution >= 4 is 23.3 Å². The lowest BCUT2D eigenvalue weighted by atomic mass is 9.91. The highest BCUT2D eigenvalue weighted by Gasteiger charge is 2.44. The molecule has 1 aliphatic heterocycles. The Kier molecular flexibility index (Phi) is 6.15. The van der Waals surface area contributed by atoms with Crippen LogP contribution >= 0.6 is 0 Å². The maximum atomic E-state index is 13.1. The molecule has 0 saturated heterocycles. The van der Waals surface area contributed by atoms with Crippen LogP contribution in [0.3, 0.4) is 0 Å². The van der Waals surface area contributed by atoms with Crippen molar-refractivity contribution in [3.63, 3.8) is 0 Å². The van der Waals surface area contributed by atoms with Crippen LogP contribution in [0.25, 0.3) is 0 Å². The highest BCUT2D eigenvalue weighted by Crippen LogP contribution is 2.42. The molecular weight excluding hydrogens is 398 g/mol. The van der Waals surface area contributed by atoms with Gasteiger partial charge in [-0.1, -0.05) is 32.0 Å². The molecule has 1 aliphatic rings. The summed E-state index contributed by atoms with van der Waals surface area (Å²) < 4.78 is 5.23. The van der Waals surface area contributed by atoms with Crippen molar-refractivity contribution in [1.82, 2.24) is 0 Å². The number of phenols is 1. The zero-order chi connectivity index (χ0) is 22.9. The summed E-state index contributed by atoms with van der Waals surface area (Å²) in [6, 6.07) is 11.4. The van der Waals surface area contributed by atoms with Gasteiger partial charge in [-0.3, -0.25) is 14.5 Å². The molecule has 1 heterocycles. The van der Waals surface area contributed by atoms with Gasteiger partial charge in [0.25, 0.3) is 5.91 Å². The van der Waals surface area contributed by atoms with Crippen molar-refractivity contribution in [3.05, 3.63) is 71.0 Å². The lowest BCUT2D eigenvalue weighted by molar-refractivity contribution is -0.119. The van der Waals surface area contributed by atoms with Crippen molar-refractivity contribution in [1.29, 1.82) is 0 Å². The van der Waals surface area contributed by atoms with Crippen molar-refractivity contribution in [2.45, 2.75) is 39.8 Å². The second-order valence-electron chi connectivity index (χ2n) is 7.95. The maximum absolute atomic E-state index is 13.1. The first-order valence-electron chi connectivity index (χ1n) is 10.0. The third-order valence-corrected chi connectivity index (χ3v) is 4.91. The van der Waals surface area contributed by atoms with E-state index in [1.54, 1.807) is 58.0 Å². The van der Waals surface area contributed by atoms with Gasteiger partial charge in [0.2, 0.25) is 0 Å². The molecule has 0 radical (unpaired) electrons. The van der Waals surface area contributed by atoms with Gasteiger partial charge in [0.15, 0.2) is 11.5 Å². The van der Waals surface area contributed by atoms with E-state index in [2.05, 4.69) is 0 Å². The summed E-state index contributed by atoms with van der Waals surface area (Å²) in [5.74, 6) is -2.68. The zero-order valence-electron chi connectivity index (χ0n) is 17.8. The van der Waals surface area contributed by atoms with Gasteiger partial charge in [0, 0.05) is 11.6 Å². The van der Waals surface area contributed by atoms with Crippen molar-refractivity contribution in [2.24, 2.45) is 5.92 Å². The molecule has 7 heteroatoms. The van der Waals surface area contributed by atoms with Crippen LogP contribution in [0.4, 0.5) is 5.69 Å². The van der Waals surface area contributed by atoms with E-state index in [4.69, 9.17) is 4.74 Å². The third kappa shape index (κ3) is 4.30. The number of Topliss-reactive ketones (excluding diaryl/α,β-unsaturated/α-hetero) is 1. The summed E-state index contributed by atoms with van der Waals surface area (Å²) >= 11 is 0. The van der Waals surface area contributed by atoms with Crippen LogP contribution in [0.5, 0.6) is 5.75 Å². The number of phenolic OH excluding ortho intramolecular Hbond substituents is 1. The van der Waals surface area contributed by atoms with Gasteiger partial charge in [-0.15, -0.1) is 0 Å². The number of carbonyl (C=O) groups is 3. The average molecular weight is 423 g/mol. The van der Waals surface area contributed by atoms with Crippen LogP contribution < -0.4 is 4.90 Å². The molecule has 1 atom stereocenters. The smallest absolute Gasteiger partial charge is 0.338 e. The SMILES string of the molecule is CC(C)OC(=O)c1cccc(N2C(=O)C(O)=C(C(=O)C(C)C)C2c2ccc(O)cc2)c1. The number of carbonyl (C=O) groups excluding carboxylic acids is 3. The first-order valence-corrected chi connectivity index (χ1v) is 10.0. The molecule has 2 N–H and O–H groups in total. The lowest BCUT2D eigenvalue weighted by Crippen LogP contribution is -2.31. The number of esters is 1. The summed E-state index contributed by atoms with van der Waals surface area (Å²) in [4.78, 5) is 39.6. The molecule has 2 aromatic rings. The highest BCUT2D eigenvalue weighted by atomic mass is 16.5. The molecule has 1 unspecified atom stereocenters. The van der Waals surface area contributed by atoms with E-state index in [-0.39, 0.29) is 28.8 Å². The Balaban J connectivity index is 2.12. The molecule has 0 aliphatic carbocycles. The second-order valence-corrected chi connectivity index (χ2v) is 7.95. The Morgan fingerprint density at radius 1 is 1.00 bits per heavy atom. The minimum absolute atomic E-state index is 0.0131. The number of hydrogen-bond donors (Lipinski definition) is 2. The van der Waals surface area contributed by atoms with E-state index < -0.39 is 29.6 Å². The number of rotatable bonds is 6. The summed E-state index contributed by atoms with van der Waals surface area (Å²) in [5.41, 5.74) is 1.10. The number of amides is 1. The number of ketones is 1. The molecule has 2 aromatic carbocycles. The number of ether oxygens (including phenoxy) is 1. The van der Waals surface area contributed by atoms with Crippen molar-refractivity contribution < 1.29 is 29.3 Å². The van der Waals surface area contributed by atoms with Crippen LogP contribution in [0.15, 0.2) is 59.9 Å². The van der Waals surface area contributed by atoms with Gasteiger partial charge >= 0.3 is 5.97 Å². The largest absolute Gasteiger partial charge is 0.508 e. The molecule has 0 aromatic heterocycles. The number of hydrogen-bond acceptors (Lipinski definition) is 6. The summed E-state index contributed by atoms with van der Waals surface area (Å²) in [7, 11) is 0. The molecule has 162 valence electrons. The number of aliphatic hydroxyl groups excluding tert-OH is 1. The fourth-order valence-corrected chi connectivity index (χ4v) is 3.47. The Labute approximate surface area is 180 Å². The summed E-state index contributed by atoms with van der Waals surface area (Å²) in [6.07, 6.45) is -0.310. The van der Waals surface area contributed by atoms with Gasteiger partial charge in [-0.25, -0.2) is 4.79 Å². The molecule has 0 bridgehead atoms. The number of benzene rings is 2. The first kappa shape index (κ1) is 22.1. The molecule has 31 heavy (non-hydrogen) atoms. The third-order valence-electron chi connectivity index (χ3n) is 4.91. The van der Waals surface area contributed by atoms with E-state index >= 15 is 0 Å². The Hall–Kier alpha value is -3.61. The highest BCUT2D eigenvalue weighted by molar-refractivity contribution is 6.17. The van der Waals surface area contributed by atoms with Crippen LogP contribution in [0.1, 0.15) is 49.7 Å². The maximum Gasteiger partial charge on any atom is 0.338 e. The van der Waals surface area contributed by atoms with E-state index in [0.717, 1.165) is 0 Å². The normalized spacial score (nSPS) is 16.4. The van der Waals surface area contributed by atoms with Crippen molar-refractivity contribution in [3.8, 4) is 5.75 Å². The molecule has 1 amide bonds. The predicted molar refractivity (Wildman–Crippen MR) is 115 cm³/mol. The minimum atomic E-state index is -0.903. The lowest BCUT2D eigenvalue weighted by Gasteiger charge is -2.27. The molecule has 7 nitrogen and oxygen atoms in total. The minimum Gasteiger partial charge on any atom is -0.508 e. The topological polar surface area (TPSA) is 104 Å². The van der Waals surface area contributed by atoms with Gasteiger partial charge in [-0.05, 0) is 49.7 Å². The second kappa shape index (κ2) is 8.63. The van der Waals surface area contributed by atoms with Crippen LogP contribution in [-0.4, -0.2) is 34.0 Å². The number of aliphatic hydroxyl groups is 1. The summed E-state index contributed by atoms with van der Waals surface area (Å²) in [5, 5.41) is 20.3. The van der Waals surface area contributed by atoms with Crippen molar-refractivity contribution in [2.75, 3.05) is 4.90 Å². The van der Waals surface area contributed by atoms with Gasteiger partial charge < -0.3 is 14.9 Å². The van der Waals surface area contributed by atoms with E-state index in [9.17, 15) is 24.6 Å². The van der Waals surface area contributed by atoms with Gasteiger partial charge in [0.1, 0.15) is 5.75 Å². The molecule has 3 rings (SSSR count). The Morgan fingerprint density at radius 2 is 1.65 bits per heavy atom. The average Bonchev–Trinajstić information content (AvgIpc) is 2.98. The van der Waals surface area contributed by atoms with Crippen LogP contribution in [0, 0.1) is 5.92 Å². The Bertz CT molecular complexity index is 1050. The monoisotopic (exact) mass is 423 g/mol. The first-order chi connectivity index (χ1) is 14.6. The fraction of sp³-hybridized carbons (Fsp3) is 0.292. The predicted octanol–water partition coefficient (Wildman–Crippen LogP) is 4.08. The zero-order valence-corrected chi connectivity index (χ0v) is 17.8. The molecular formula is C24H25NO6. The van der Waals surface area contributed by atoms with E-state index in [1.165, 1.54) is 23.1 Å². The number of nitrogens with zero attached hydrogens (tertiary/aromatic N) is 1.